The standard InChI is InChI=1S/C34H42FN4O3/c1-34(2,3)32(39(23-27(35)20-36,31(40)24-41-4)28-16-10-7-11-17-28)33-37-30(26-14-8-6-9-15-26)22-38(33)21-25-13-12-18-29(19-25)42-5/h6-19,22,27,32H,20-21,23-24,36H2,1-5H3/q+1/t27-,32+,39?/m1/s1. The lowest BCUT2D eigenvalue weighted by Crippen LogP contribution is -2.64. The Labute approximate surface area is 248 Å². The highest BCUT2D eigenvalue weighted by molar-refractivity contribution is 5.90. The van der Waals surface area contributed by atoms with Crippen molar-refractivity contribution >= 4 is 11.6 Å². The molecule has 4 rings (SSSR count). The van der Waals surface area contributed by atoms with Crippen molar-refractivity contribution in [1.29, 1.82) is 0 Å². The van der Waals surface area contributed by atoms with Crippen molar-refractivity contribution in [3.8, 4) is 17.0 Å². The first kappa shape index (κ1) is 31.1. The van der Waals surface area contributed by atoms with Crippen molar-refractivity contribution in [2.45, 2.75) is 39.5 Å². The van der Waals surface area contributed by atoms with E-state index in [1.54, 1.807) is 7.11 Å². The summed E-state index contributed by atoms with van der Waals surface area (Å²) < 4.78 is 28.2. The number of benzene rings is 3. The summed E-state index contributed by atoms with van der Waals surface area (Å²) in [6.45, 7) is 6.11. The Morgan fingerprint density at radius 2 is 1.67 bits per heavy atom. The lowest BCUT2D eigenvalue weighted by Gasteiger charge is -2.47. The van der Waals surface area contributed by atoms with Gasteiger partial charge in [0.05, 0.1) is 12.8 Å². The second-order valence-electron chi connectivity index (χ2n) is 11.6. The molecule has 0 fully saturated rings. The van der Waals surface area contributed by atoms with Crippen molar-refractivity contribution in [2.24, 2.45) is 11.1 Å². The summed E-state index contributed by atoms with van der Waals surface area (Å²) >= 11 is 0. The Morgan fingerprint density at radius 3 is 2.26 bits per heavy atom. The number of nitrogens with two attached hydrogens (primary N) is 1. The van der Waals surface area contributed by atoms with Gasteiger partial charge in [0.2, 0.25) is 0 Å². The average molecular weight is 574 g/mol. The molecule has 0 aliphatic rings. The van der Waals surface area contributed by atoms with E-state index in [4.69, 9.17) is 20.2 Å². The van der Waals surface area contributed by atoms with Crippen molar-refractivity contribution in [3.05, 3.63) is 103 Å². The molecule has 222 valence electrons. The number of rotatable bonds is 12. The quantitative estimate of drug-likeness (QED) is 0.205. The number of para-hydroxylation sites is 1. The van der Waals surface area contributed by atoms with Gasteiger partial charge in [0, 0.05) is 37.4 Å². The fraction of sp³-hybridized carbons (Fsp3) is 0.353. The maximum Gasteiger partial charge on any atom is 0.345 e. The predicted molar refractivity (Wildman–Crippen MR) is 166 cm³/mol. The predicted octanol–water partition coefficient (Wildman–Crippen LogP) is 6.17. The van der Waals surface area contributed by atoms with Crippen LogP contribution in [0.3, 0.4) is 0 Å². The Morgan fingerprint density at radius 1 is 1.00 bits per heavy atom. The Bertz CT molecular complexity index is 1450. The number of nitrogens with zero attached hydrogens (tertiary/aromatic N) is 3. The first-order valence-corrected chi connectivity index (χ1v) is 14.2. The largest absolute Gasteiger partial charge is 0.497 e. The third-order valence-corrected chi connectivity index (χ3v) is 7.54. The van der Waals surface area contributed by atoms with Crippen LogP contribution in [0.2, 0.25) is 0 Å². The molecule has 1 heterocycles. The maximum atomic E-state index is 15.6. The van der Waals surface area contributed by atoms with E-state index in [1.807, 2.05) is 91.1 Å². The van der Waals surface area contributed by atoms with Gasteiger partial charge >= 0.3 is 5.91 Å². The first-order valence-electron chi connectivity index (χ1n) is 14.2. The lowest BCUT2D eigenvalue weighted by atomic mass is 9.82. The van der Waals surface area contributed by atoms with Crippen LogP contribution in [0.1, 0.15) is 38.2 Å². The third-order valence-electron chi connectivity index (χ3n) is 7.54. The van der Waals surface area contributed by atoms with Gasteiger partial charge in [-0.05, 0) is 29.8 Å². The number of methoxy groups -OCH3 is 2. The number of alkyl halides is 1. The molecule has 42 heavy (non-hydrogen) atoms. The van der Waals surface area contributed by atoms with E-state index < -0.39 is 17.6 Å². The SMILES string of the molecule is COCC(=O)[N+](C[C@H](F)CN)(c1ccccc1)[C@@H](c1nc(-c2ccccc2)cn1Cc1cccc(OC)c1)C(C)(C)C. The Hall–Kier alpha value is -3.85. The van der Waals surface area contributed by atoms with E-state index in [9.17, 15) is 4.79 Å². The van der Waals surface area contributed by atoms with Gasteiger partial charge in [0.25, 0.3) is 0 Å². The Balaban J connectivity index is 2.04. The number of imidazole rings is 1. The van der Waals surface area contributed by atoms with Crippen LogP contribution < -0.4 is 15.0 Å². The molecule has 0 saturated heterocycles. The van der Waals surface area contributed by atoms with Gasteiger partial charge in [0.15, 0.2) is 24.6 Å². The number of ether oxygens (including phenoxy) is 2. The number of quaternary nitrogens is 1. The molecule has 0 radical (unpaired) electrons. The summed E-state index contributed by atoms with van der Waals surface area (Å²) in [6, 6.07) is 26.6. The van der Waals surface area contributed by atoms with E-state index in [0.29, 0.717) is 18.1 Å². The molecule has 3 aromatic carbocycles. The molecule has 0 aliphatic carbocycles. The Kier molecular flexibility index (Phi) is 9.93. The number of hydrogen-bond acceptors (Lipinski definition) is 5. The fourth-order valence-corrected chi connectivity index (χ4v) is 5.81. The second kappa shape index (κ2) is 13.4. The van der Waals surface area contributed by atoms with Crippen LogP contribution in [0.4, 0.5) is 10.1 Å². The normalized spacial score (nSPS) is 14.6. The highest BCUT2D eigenvalue weighted by Gasteiger charge is 2.55. The molecule has 0 spiro atoms. The highest BCUT2D eigenvalue weighted by atomic mass is 19.1. The van der Waals surface area contributed by atoms with Crippen LogP contribution in [0.25, 0.3) is 11.3 Å². The third kappa shape index (κ3) is 6.62. The maximum absolute atomic E-state index is 15.6. The highest BCUT2D eigenvalue weighted by Crippen LogP contribution is 2.47. The van der Waals surface area contributed by atoms with Gasteiger partial charge in [-0.3, -0.25) is 0 Å². The van der Waals surface area contributed by atoms with Crippen molar-refractivity contribution < 1.29 is 18.7 Å². The smallest absolute Gasteiger partial charge is 0.345 e. The minimum absolute atomic E-state index is 0.155. The van der Waals surface area contributed by atoms with Crippen LogP contribution in [0, 0.1) is 5.41 Å². The number of carbonyl (C=O) groups is 1. The van der Waals surface area contributed by atoms with Gasteiger partial charge in [-0.2, -0.15) is 0 Å². The summed E-state index contributed by atoms with van der Waals surface area (Å²) in [5.74, 6) is 1.15. The van der Waals surface area contributed by atoms with E-state index in [0.717, 1.165) is 22.6 Å². The topological polar surface area (TPSA) is 79.4 Å². The van der Waals surface area contributed by atoms with Crippen molar-refractivity contribution in [3.63, 3.8) is 0 Å². The minimum atomic E-state index is -1.44. The fourth-order valence-electron chi connectivity index (χ4n) is 5.81. The molecule has 0 bridgehead atoms. The van der Waals surface area contributed by atoms with Crippen LogP contribution in [0.5, 0.6) is 5.75 Å². The molecular formula is C34H42FN4O3+. The summed E-state index contributed by atoms with van der Waals surface area (Å²) in [6.07, 6.45) is 0.574. The van der Waals surface area contributed by atoms with Gasteiger partial charge in [-0.1, -0.05) is 81.4 Å². The number of hydrogen-bond donors (Lipinski definition) is 1. The lowest BCUT2D eigenvalue weighted by molar-refractivity contribution is -0.140. The zero-order chi connectivity index (χ0) is 30.3. The van der Waals surface area contributed by atoms with E-state index in [1.165, 1.54) is 7.11 Å². The molecule has 3 atom stereocenters. The second-order valence-corrected chi connectivity index (χ2v) is 11.6. The van der Waals surface area contributed by atoms with E-state index >= 15 is 4.39 Å². The van der Waals surface area contributed by atoms with Crippen molar-refractivity contribution in [2.75, 3.05) is 33.9 Å². The molecule has 4 aromatic rings. The van der Waals surface area contributed by atoms with Crippen LogP contribution in [-0.4, -0.2) is 55.5 Å². The molecule has 7 nitrogen and oxygen atoms in total. The van der Waals surface area contributed by atoms with E-state index in [-0.39, 0.29) is 30.1 Å². The molecule has 1 aromatic heterocycles. The van der Waals surface area contributed by atoms with Gasteiger partial charge in [-0.25, -0.2) is 18.7 Å². The van der Waals surface area contributed by atoms with Crippen LogP contribution in [0.15, 0.2) is 91.1 Å². The minimum Gasteiger partial charge on any atom is -0.497 e. The van der Waals surface area contributed by atoms with Crippen LogP contribution in [-0.2, 0) is 16.1 Å². The number of aromatic nitrogens is 2. The van der Waals surface area contributed by atoms with Gasteiger partial charge < -0.3 is 19.8 Å². The summed E-state index contributed by atoms with van der Waals surface area (Å²) in [5.41, 5.74) is 8.68. The molecular weight excluding hydrogens is 531 g/mol. The van der Waals surface area contributed by atoms with Gasteiger partial charge in [-0.15, -0.1) is 0 Å². The molecule has 0 saturated carbocycles. The van der Waals surface area contributed by atoms with Gasteiger partial charge in [0.1, 0.15) is 18.0 Å². The summed E-state index contributed by atoms with van der Waals surface area (Å²) in [4.78, 5) is 19.6. The van der Waals surface area contributed by atoms with E-state index in [2.05, 4.69) is 25.3 Å². The van der Waals surface area contributed by atoms with Crippen molar-refractivity contribution in [1.82, 2.24) is 14.0 Å². The molecule has 0 aliphatic heterocycles. The zero-order valence-electron chi connectivity index (χ0n) is 25.2. The molecule has 2 N–H and O–H groups in total. The average Bonchev–Trinajstić information content (AvgIpc) is 3.39. The zero-order valence-corrected chi connectivity index (χ0v) is 25.2. The molecule has 1 amide bonds. The molecule has 8 heteroatoms. The van der Waals surface area contributed by atoms with Crippen LogP contribution >= 0.6 is 0 Å². The number of halogens is 1. The monoisotopic (exact) mass is 573 g/mol. The summed E-state index contributed by atoms with van der Waals surface area (Å²) in [5, 5.41) is 0. The summed E-state index contributed by atoms with van der Waals surface area (Å²) in [7, 11) is 3.12. The number of carbonyl (C=O) groups excluding carboxylic acids is 1. The first-order chi connectivity index (χ1) is 20.1. The number of amides is 1. The molecule has 1 unspecified atom stereocenters.